The minimum Gasteiger partial charge on any atom is -0.507 e. The molecule has 188 valence electrons. The van der Waals surface area contributed by atoms with Crippen LogP contribution in [-0.2, 0) is 20.6 Å². The van der Waals surface area contributed by atoms with Crippen molar-refractivity contribution < 1.29 is 53.7 Å². The second-order valence-corrected chi connectivity index (χ2v) is 8.36. The van der Waals surface area contributed by atoms with Crippen LogP contribution in [0.5, 0.6) is 17.2 Å². The van der Waals surface area contributed by atoms with Crippen molar-refractivity contribution in [2.24, 2.45) is 0 Å². The Balaban J connectivity index is 1.45. The van der Waals surface area contributed by atoms with Crippen LogP contribution >= 0.6 is 0 Å². The van der Waals surface area contributed by atoms with Crippen LogP contribution in [0.2, 0.25) is 0 Å². The first-order valence-corrected chi connectivity index (χ1v) is 10.9. The number of rotatable bonds is 6. The van der Waals surface area contributed by atoms with Crippen molar-refractivity contribution in [2.75, 3.05) is 13.7 Å². The van der Waals surface area contributed by atoms with E-state index in [4.69, 9.17) is 23.7 Å². The van der Waals surface area contributed by atoms with Gasteiger partial charge in [0, 0.05) is 12.5 Å². The van der Waals surface area contributed by atoms with Crippen LogP contribution in [0.1, 0.15) is 33.2 Å². The number of carbonyl (C=O) groups is 2. The van der Waals surface area contributed by atoms with E-state index in [1.54, 1.807) is 19.1 Å². The van der Waals surface area contributed by atoms with Crippen molar-refractivity contribution >= 4 is 11.9 Å². The van der Waals surface area contributed by atoms with E-state index in [0.29, 0.717) is 17.7 Å². The fourth-order valence-corrected chi connectivity index (χ4v) is 3.97. The molecule has 0 bridgehead atoms. The number of aliphatic hydroxyl groups is 3. The zero-order chi connectivity index (χ0) is 25.3. The number of phenolic OH excluding ortho intramolecular Hbond substituents is 1. The predicted octanol–water partition coefficient (Wildman–Crippen LogP) is 0.546. The van der Waals surface area contributed by atoms with E-state index < -0.39 is 55.4 Å². The van der Waals surface area contributed by atoms with Crippen molar-refractivity contribution in [3.63, 3.8) is 0 Å². The Kier molecular flexibility index (Phi) is 7.13. The second kappa shape index (κ2) is 10.1. The molecule has 0 aromatic heterocycles. The summed E-state index contributed by atoms with van der Waals surface area (Å²) in [6.07, 6.45) is -7.64. The lowest BCUT2D eigenvalue weighted by Gasteiger charge is -2.40. The van der Waals surface area contributed by atoms with Gasteiger partial charge in [-0.25, -0.2) is 9.59 Å². The number of esters is 2. The smallest absolute Gasteiger partial charge is 0.342 e. The largest absolute Gasteiger partial charge is 0.507 e. The highest BCUT2D eigenvalue weighted by Gasteiger charge is 2.45. The molecule has 35 heavy (non-hydrogen) atoms. The SMILES string of the molecule is COc1ccc(C(=O)OC[C@H]2O[C@@H](Oc3cc(O)c4c(c3)C[C@@H](C)OC4=O)[C@H](O)[C@@H](O)[C@@H]2O)cc1. The molecule has 1 fully saturated rings. The fourth-order valence-electron chi connectivity index (χ4n) is 3.97. The minimum atomic E-state index is -1.67. The van der Waals surface area contributed by atoms with E-state index in [9.17, 15) is 30.0 Å². The molecule has 4 rings (SSSR count). The summed E-state index contributed by atoms with van der Waals surface area (Å²) in [5, 5.41) is 41.3. The molecular weight excluding hydrogens is 464 g/mol. The van der Waals surface area contributed by atoms with Gasteiger partial charge in [0.15, 0.2) is 0 Å². The first-order valence-electron chi connectivity index (χ1n) is 10.9. The van der Waals surface area contributed by atoms with Gasteiger partial charge >= 0.3 is 11.9 Å². The summed E-state index contributed by atoms with van der Waals surface area (Å²) in [4.78, 5) is 24.4. The van der Waals surface area contributed by atoms with E-state index in [0.717, 1.165) is 6.07 Å². The van der Waals surface area contributed by atoms with Gasteiger partial charge in [0.05, 0.1) is 12.7 Å². The Labute approximate surface area is 200 Å². The molecule has 11 heteroatoms. The molecule has 0 unspecified atom stereocenters. The molecule has 0 saturated carbocycles. The molecule has 0 radical (unpaired) electrons. The molecule has 6 atom stereocenters. The Bertz CT molecular complexity index is 1080. The van der Waals surface area contributed by atoms with Crippen LogP contribution in [0.3, 0.4) is 0 Å². The molecule has 0 amide bonds. The number of aliphatic hydroxyl groups excluding tert-OH is 3. The van der Waals surface area contributed by atoms with Crippen LogP contribution in [0, 0.1) is 0 Å². The standard InChI is InChI=1S/C24H26O11/c1-11-7-13-8-15(9-16(25)18(13)23(30)33-11)34-24-21(28)20(27)19(26)17(35-24)10-32-22(29)12-3-5-14(31-2)6-4-12/h3-6,8-9,11,17,19-21,24-28H,7,10H2,1-2H3/t11-,17-,19-,20+,21-,24-/m1/s1. The number of carbonyl (C=O) groups excluding carboxylic acids is 2. The zero-order valence-corrected chi connectivity index (χ0v) is 19.0. The first kappa shape index (κ1) is 24.7. The minimum absolute atomic E-state index is 0.0272. The second-order valence-electron chi connectivity index (χ2n) is 8.36. The summed E-state index contributed by atoms with van der Waals surface area (Å²) in [5.41, 5.74) is 0.751. The third-order valence-electron chi connectivity index (χ3n) is 5.82. The highest BCUT2D eigenvalue weighted by Crippen LogP contribution is 2.34. The van der Waals surface area contributed by atoms with Gasteiger partial charge in [-0.05, 0) is 42.8 Å². The van der Waals surface area contributed by atoms with E-state index in [1.807, 2.05) is 0 Å². The molecule has 0 spiro atoms. The average molecular weight is 490 g/mol. The number of benzene rings is 2. The Morgan fingerprint density at radius 1 is 1.06 bits per heavy atom. The average Bonchev–Trinajstić information content (AvgIpc) is 2.82. The number of fused-ring (bicyclic) bond motifs is 1. The Morgan fingerprint density at radius 3 is 2.46 bits per heavy atom. The predicted molar refractivity (Wildman–Crippen MR) is 117 cm³/mol. The van der Waals surface area contributed by atoms with E-state index in [1.165, 1.54) is 25.3 Å². The number of aromatic hydroxyl groups is 1. The van der Waals surface area contributed by atoms with Crippen molar-refractivity contribution in [1.82, 2.24) is 0 Å². The molecule has 2 aliphatic rings. The summed E-state index contributed by atoms with van der Waals surface area (Å²) in [7, 11) is 1.49. The molecular formula is C24H26O11. The maximum atomic E-state index is 12.3. The summed E-state index contributed by atoms with van der Waals surface area (Å²) < 4.78 is 26.6. The fraction of sp³-hybridized carbons (Fsp3) is 0.417. The van der Waals surface area contributed by atoms with Crippen LogP contribution in [0.15, 0.2) is 36.4 Å². The van der Waals surface area contributed by atoms with E-state index in [-0.39, 0.29) is 22.6 Å². The van der Waals surface area contributed by atoms with Crippen molar-refractivity contribution in [3.8, 4) is 17.2 Å². The zero-order valence-electron chi connectivity index (χ0n) is 19.0. The van der Waals surface area contributed by atoms with Gasteiger partial charge in [0.2, 0.25) is 6.29 Å². The lowest BCUT2D eigenvalue weighted by atomic mass is 9.97. The van der Waals surface area contributed by atoms with Crippen LogP contribution in [-0.4, -0.2) is 82.9 Å². The molecule has 11 nitrogen and oxygen atoms in total. The molecule has 2 aliphatic heterocycles. The summed E-state index contributed by atoms with van der Waals surface area (Å²) in [6.45, 7) is 1.27. The maximum Gasteiger partial charge on any atom is 0.342 e. The van der Waals surface area contributed by atoms with Gasteiger partial charge in [-0.1, -0.05) is 0 Å². The lowest BCUT2D eigenvalue weighted by Crippen LogP contribution is -2.60. The van der Waals surface area contributed by atoms with Crippen molar-refractivity contribution in [3.05, 3.63) is 53.1 Å². The topological polar surface area (TPSA) is 161 Å². The van der Waals surface area contributed by atoms with E-state index in [2.05, 4.69) is 0 Å². The third kappa shape index (κ3) is 5.17. The lowest BCUT2D eigenvalue weighted by molar-refractivity contribution is -0.277. The van der Waals surface area contributed by atoms with Gasteiger partial charge < -0.3 is 44.1 Å². The normalized spacial score (nSPS) is 28.0. The Hall–Kier alpha value is -3.38. The maximum absolute atomic E-state index is 12.3. The summed E-state index contributed by atoms with van der Waals surface area (Å²) >= 11 is 0. The summed E-state index contributed by atoms with van der Waals surface area (Å²) in [6, 6.07) is 8.83. The third-order valence-corrected chi connectivity index (χ3v) is 5.82. The molecule has 1 saturated heterocycles. The highest BCUT2D eigenvalue weighted by molar-refractivity contribution is 5.95. The number of ether oxygens (including phenoxy) is 5. The van der Waals surface area contributed by atoms with Gasteiger partial charge in [-0.15, -0.1) is 0 Å². The van der Waals surface area contributed by atoms with Gasteiger partial charge in [-0.3, -0.25) is 0 Å². The van der Waals surface area contributed by atoms with Crippen LogP contribution < -0.4 is 9.47 Å². The van der Waals surface area contributed by atoms with Gasteiger partial charge in [0.1, 0.15) is 59.9 Å². The number of hydrogen-bond acceptors (Lipinski definition) is 11. The molecule has 2 aromatic rings. The van der Waals surface area contributed by atoms with Crippen molar-refractivity contribution in [1.29, 1.82) is 0 Å². The quantitative estimate of drug-likeness (QED) is 0.418. The highest BCUT2D eigenvalue weighted by atomic mass is 16.7. The number of cyclic esters (lactones) is 1. The Morgan fingerprint density at radius 2 is 1.77 bits per heavy atom. The van der Waals surface area contributed by atoms with E-state index >= 15 is 0 Å². The molecule has 2 heterocycles. The van der Waals surface area contributed by atoms with Gasteiger partial charge in [0.25, 0.3) is 0 Å². The number of phenols is 1. The molecule has 2 aromatic carbocycles. The first-order chi connectivity index (χ1) is 16.7. The monoisotopic (exact) mass is 490 g/mol. The molecule has 4 N–H and O–H groups in total. The number of hydrogen-bond donors (Lipinski definition) is 4. The molecule has 0 aliphatic carbocycles. The van der Waals surface area contributed by atoms with Crippen LogP contribution in [0.25, 0.3) is 0 Å². The van der Waals surface area contributed by atoms with Gasteiger partial charge in [-0.2, -0.15) is 0 Å². The number of methoxy groups -OCH3 is 1. The van der Waals surface area contributed by atoms with Crippen LogP contribution in [0.4, 0.5) is 0 Å². The summed E-state index contributed by atoms with van der Waals surface area (Å²) in [5.74, 6) is -1.10. The van der Waals surface area contributed by atoms with Crippen molar-refractivity contribution in [2.45, 2.75) is 50.2 Å².